The van der Waals surface area contributed by atoms with Gasteiger partial charge < -0.3 is 9.80 Å². The normalized spacial score (nSPS) is 23.4. The van der Waals surface area contributed by atoms with Crippen LogP contribution in [0.25, 0.3) is 0 Å². The first kappa shape index (κ1) is 15.1. The van der Waals surface area contributed by atoms with E-state index in [-0.39, 0.29) is 6.04 Å². The Hall–Kier alpha value is -1.85. The van der Waals surface area contributed by atoms with E-state index < -0.39 is 0 Å². The lowest BCUT2D eigenvalue weighted by atomic mass is 9.99. The van der Waals surface area contributed by atoms with Crippen molar-refractivity contribution in [3.63, 3.8) is 0 Å². The molecule has 0 amide bonds. The number of hydrogen-bond donors (Lipinski definition) is 1. The Balaban J connectivity index is 1.90. The maximum absolute atomic E-state index is 6.27. The third kappa shape index (κ3) is 2.87. The van der Waals surface area contributed by atoms with Crippen molar-refractivity contribution in [3.8, 4) is 0 Å². The largest absolute Gasteiger partial charge is 0.354 e. The highest BCUT2D eigenvalue weighted by Gasteiger charge is 2.26. The van der Waals surface area contributed by atoms with E-state index in [9.17, 15) is 0 Å². The van der Waals surface area contributed by atoms with Gasteiger partial charge in [0.2, 0.25) is 0 Å². The van der Waals surface area contributed by atoms with E-state index in [1.807, 2.05) is 6.92 Å². The first-order valence-electron chi connectivity index (χ1n) is 7.86. The van der Waals surface area contributed by atoms with E-state index in [1.165, 1.54) is 11.1 Å². The summed E-state index contributed by atoms with van der Waals surface area (Å²) in [5, 5.41) is 1.77. The van der Waals surface area contributed by atoms with Crippen LogP contribution in [0.15, 0.2) is 41.2 Å². The number of nitrogens with two attached hydrogens (primary N) is 1. The second kappa shape index (κ2) is 6.10. The molecule has 2 N–H and O–H groups in total. The van der Waals surface area contributed by atoms with Gasteiger partial charge in [-0.25, -0.2) is 10.8 Å². The summed E-state index contributed by atoms with van der Waals surface area (Å²) < 4.78 is 0. The molecular formula is C17H25N5. The molecule has 0 aliphatic carbocycles. The number of nitrogens with zero attached hydrogens (tertiary/aromatic N) is 4. The predicted octanol–water partition coefficient (Wildman–Crippen LogP) is 1.73. The minimum absolute atomic E-state index is 0.0494. The van der Waals surface area contributed by atoms with Crippen molar-refractivity contribution < 1.29 is 0 Å². The maximum atomic E-state index is 6.27. The molecule has 1 aromatic rings. The molecule has 5 nitrogen and oxygen atoms in total. The summed E-state index contributed by atoms with van der Waals surface area (Å²) in [6.45, 7) is 8.30. The van der Waals surface area contributed by atoms with Crippen molar-refractivity contribution >= 4 is 5.84 Å². The van der Waals surface area contributed by atoms with Crippen LogP contribution in [0.3, 0.4) is 0 Å². The summed E-state index contributed by atoms with van der Waals surface area (Å²) in [7, 11) is 2.17. The summed E-state index contributed by atoms with van der Waals surface area (Å²) in [6.07, 6.45) is 2.20. The van der Waals surface area contributed by atoms with Gasteiger partial charge in [0.05, 0.1) is 6.04 Å². The maximum Gasteiger partial charge on any atom is 0.129 e. The number of aryl methyl sites for hydroxylation is 1. The second-order valence-corrected chi connectivity index (χ2v) is 6.18. The van der Waals surface area contributed by atoms with E-state index in [1.54, 1.807) is 5.01 Å². The van der Waals surface area contributed by atoms with Crippen molar-refractivity contribution in [2.45, 2.75) is 19.9 Å². The molecule has 5 heteroatoms. The fraction of sp³-hybridized carbons (Fsp3) is 0.471. The third-order valence-corrected chi connectivity index (χ3v) is 4.59. The molecule has 0 radical (unpaired) electrons. The van der Waals surface area contributed by atoms with Gasteiger partial charge in [0.1, 0.15) is 11.7 Å². The Labute approximate surface area is 132 Å². The summed E-state index contributed by atoms with van der Waals surface area (Å²) >= 11 is 0. The Morgan fingerprint density at radius 1 is 1.09 bits per heavy atom. The van der Waals surface area contributed by atoms with Gasteiger partial charge in [-0.15, -0.1) is 0 Å². The van der Waals surface area contributed by atoms with E-state index in [0.717, 1.165) is 37.8 Å². The Kier molecular flexibility index (Phi) is 4.18. The molecule has 118 valence electrons. The van der Waals surface area contributed by atoms with Crippen LogP contribution in [0.4, 0.5) is 0 Å². The van der Waals surface area contributed by atoms with Gasteiger partial charge in [0.15, 0.2) is 0 Å². The molecule has 0 bridgehead atoms. The number of rotatable bonds is 2. The molecule has 22 heavy (non-hydrogen) atoms. The van der Waals surface area contributed by atoms with Crippen molar-refractivity contribution in [2.75, 3.05) is 33.2 Å². The average molecular weight is 299 g/mol. The molecule has 0 spiro atoms. The number of piperazine rings is 1. The van der Waals surface area contributed by atoms with Gasteiger partial charge in [-0.2, -0.15) is 0 Å². The molecule has 1 atom stereocenters. The van der Waals surface area contributed by atoms with Crippen molar-refractivity contribution in [1.29, 1.82) is 0 Å². The SMILES string of the molecule is CC1=NC(N2CCN(C)CC2)=CC(c2ccccc2C)N1N. The van der Waals surface area contributed by atoms with Gasteiger partial charge >= 0.3 is 0 Å². The van der Waals surface area contributed by atoms with Gasteiger partial charge in [0.25, 0.3) is 0 Å². The predicted molar refractivity (Wildman–Crippen MR) is 90.2 cm³/mol. The van der Waals surface area contributed by atoms with Crippen LogP contribution in [-0.4, -0.2) is 53.9 Å². The van der Waals surface area contributed by atoms with E-state index in [2.05, 4.69) is 54.1 Å². The van der Waals surface area contributed by atoms with Crippen LogP contribution < -0.4 is 5.84 Å². The van der Waals surface area contributed by atoms with Crippen LogP contribution in [0.1, 0.15) is 24.1 Å². The first-order chi connectivity index (χ1) is 10.6. The standard InChI is InChI=1S/C17H25N5/c1-13-6-4-5-7-15(13)16-12-17(19-14(2)22(16)18)21-10-8-20(3)9-11-21/h4-7,12,16H,8-11,18H2,1-3H3. The molecule has 3 rings (SSSR count). The molecule has 1 fully saturated rings. The summed E-state index contributed by atoms with van der Waals surface area (Å²) in [5.74, 6) is 8.19. The van der Waals surface area contributed by atoms with Crippen LogP contribution in [0.5, 0.6) is 0 Å². The van der Waals surface area contributed by atoms with Crippen LogP contribution in [0, 0.1) is 6.92 Å². The minimum atomic E-state index is 0.0494. The van der Waals surface area contributed by atoms with E-state index >= 15 is 0 Å². The zero-order valence-electron chi connectivity index (χ0n) is 13.7. The van der Waals surface area contributed by atoms with Gasteiger partial charge in [-0.3, -0.25) is 5.01 Å². The molecule has 0 saturated carbocycles. The Bertz CT molecular complexity index is 599. The van der Waals surface area contributed by atoms with Crippen LogP contribution in [0.2, 0.25) is 0 Å². The number of benzene rings is 1. The number of amidine groups is 1. The molecule has 2 heterocycles. The molecule has 1 saturated heterocycles. The quantitative estimate of drug-likeness (QED) is 0.845. The summed E-state index contributed by atoms with van der Waals surface area (Å²) in [4.78, 5) is 9.42. The van der Waals surface area contributed by atoms with Crippen molar-refractivity contribution in [2.24, 2.45) is 10.8 Å². The summed E-state index contributed by atoms with van der Waals surface area (Å²) in [6, 6.07) is 8.47. The fourth-order valence-corrected chi connectivity index (χ4v) is 3.05. The smallest absolute Gasteiger partial charge is 0.129 e. The van der Waals surface area contributed by atoms with E-state index in [0.29, 0.717) is 0 Å². The molecule has 1 unspecified atom stereocenters. The monoisotopic (exact) mass is 299 g/mol. The third-order valence-electron chi connectivity index (χ3n) is 4.59. The molecular weight excluding hydrogens is 274 g/mol. The zero-order chi connectivity index (χ0) is 15.7. The molecule has 2 aliphatic rings. The minimum Gasteiger partial charge on any atom is -0.354 e. The topological polar surface area (TPSA) is 48.1 Å². The van der Waals surface area contributed by atoms with Gasteiger partial charge in [-0.1, -0.05) is 24.3 Å². The van der Waals surface area contributed by atoms with Crippen molar-refractivity contribution in [1.82, 2.24) is 14.8 Å². The number of likely N-dealkylation sites (N-methyl/N-ethyl adjacent to an activating group) is 1. The lowest BCUT2D eigenvalue weighted by Crippen LogP contribution is -2.46. The first-order valence-corrected chi connectivity index (χ1v) is 7.86. The fourth-order valence-electron chi connectivity index (χ4n) is 3.05. The van der Waals surface area contributed by atoms with Crippen LogP contribution >= 0.6 is 0 Å². The lowest BCUT2D eigenvalue weighted by Gasteiger charge is -2.38. The van der Waals surface area contributed by atoms with Crippen LogP contribution in [-0.2, 0) is 0 Å². The molecule has 0 aromatic heterocycles. The highest BCUT2D eigenvalue weighted by Crippen LogP contribution is 2.29. The molecule has 2 aliphatic heterocycles. The summed E-state index contributed by atoms with van der Waals surface area (Å²) in [5.41, 5.74) is 2.50. The average Bonchev–Trinajstić information content (AvgIpc) is 2.51. The van der Waals surface area contributed by atoms with Crippen molar-refractivity contribution in [3.05, 3.63) is 47.3 Å². The number of hydrazine groups is 1. The molecule has 1 aromatic carbocycles. The Morgan fingerprint density at radius 3 is 2.45 bits per heavy atom. The highest BCUT2D eigenvalue weighted by atomic mass is 15.5. The van der Waals surface area contributed by atoms with E-state index in [4.69, 9.17) is 10.8 Å². The zero-order valence-corrected chi connectivity index (χ0v) is 13.7. The number of aliphatic imine (C=N–C) groups is 1. The van der Waals surface area contributed by atoms with Gasteiger partial charge in [0, 0.05) is 26.2 Å². The van der Waals surface area contributed by atoms with Gasteiger partial charge in [-0.05, 0) is 38.1 Å². The Morgan fingerprint density at radius 2 is 1.77 bits per heavy atom. The number of hydrogen-bond acceptors (Lipinski definition) is 5. The second-order valence-electron chi connectivity index (χ2n) is 6.18. The highest BCUT2D eigenvalue weighted by molar-refractivity contribution is 5.82. The lowest BCUT2D eigenvalue weighted by molar-refractivity contribution is 0.181.